The zero-order chi connectivity index (χ0) is 14.4. The van der Waals surface area contributed by atoms with Crippen LogP contribution >= 0.6 is 15.9 Å². The van der Waals surface area contributed by atoms with Gasteiger partial charge in [-0.2, -0.15) is 0 Å². The normalized spacial score (nSPS) is 16.1. The predicted octanol–water partition coefficient (Wildman–Crippen LogP) is 2.56. The lowest BCUT2D eigenvalue weighted by atomic mass is 9.98. The summed E-state index contributed by atoms with van der Waals surface area (Å²) in [4.78, 5) is 0. The monoisotopic (exact) mass is 342 g/mol. The molecule has 5 heteroatoms. The van der Waals surface area contributed by atoms with Gasteiger partial charge in [0.15, 0.2) is 11.5 Å². The molecule has 0 unspecified atom stereocenters. The second-order valence-corrected chi connectivity index (χ2v) is 5.99. The van der Waals surface area contributed by atoms with Crippen LogP contribution in [-0.4, -0.2) is 33.9 Å². The molecule has 0 bridgehead atoms. The minimum atomic E-state index is 0.745. The minimum Gasteiger partial charge on any atom is -0.493 e. The molecular formula is C15H23BrN2O2. The van der Waals surface area contributed by atoms with Crippen molar-refractivity contribution in [1.82, 2.24) is 10.6 Å². The first-order valence-corrected chi connectivity index (χ1v) is 7.85. The molecule has 1 aliphatic rings. The van der Waals surface area contributed by atoms with E-state index in [0.29, 0.717) is 0 Å². The Balaban J connectivity index is 1.90. The van der Waals surface area contributed by atoms with E-state index in [2.05, 4.69) is 32.6 Å². The van der Waals surface area contributed by atoms with Gasteiger partial charge < -0.3 is 20.1 Å². The van der Waals surface area contributed by atoms with Crippen LogP contribution in [0.25, 0.3) is 0 Å². The van der Waals surface area contributed by atoms with Crippen molar-refractivity contribution in [2.45, 2.75) is 19.4 Å². The van der Waals surface area contributed by atoms with Crippen molar-refractivity contribution in [3.8, 4) is 11.5 Å². The number of hydrogen-bond donors (Lipinski definition) is 2. The topological polar surface area (TPSA) is 42.5 Å². The van der Waals surface area contributed by atoms with E-state index in [9.17, 15) is 0 Å². The summed E-state index contributed by atoms with van der Waals surface area (Å²) in [5.41, 5.74) is 1.20. The van der Waals surface area contributed by atoms with Gasteiger partial charge in [-0.3, -0.25) is 0 Å². The van der Waals surface area contributed by atoms with Gasteiger partial charge in [-0.15, -0.1) is 0 Å². The second-order valence-electron chi connectivity index (χ2n) is 5.14. The fourth-order valence-corrected chi connectivity index (χ4v) is 3.23. The summed E-state index contributed by atoms with van der Waals surface area (Å²) in [7, 11) is 3.31. The van der Waals surface area contributed by atoms with E-state index in [1.54, 1.807) is 14.2 Å². The highest BCUT2D eigenvalue weighted by Crippen LogP contribution is 2.36. The molecule has 0 saturated carbocycles. The molecule has 2 N–H and O–H groups in total. The first-order chi connectivity index (χ1) is 9.74. The molecule has 0 radical (unpaired) electrons. The Morgan fingerprint density at radius 1 is 1.25 bits per heavy atom. The molecule has 0 aromatic heterocycles. The first-order valence-electron chi connectivity index (χ1n) is 7.06. The molecule has 4 nitrogen and oxygen atoms in total. The van der Waals surface area contributed by atoms with E-state index < -0.39 is 0 Å². The van der Waals surface area contributed by atoms with Gasteiger partial charge in [0.05, 0.1) is 18.7 Å². The van der Waals surface area contributed by atoms with Gasteiger partial charge in [-0.1, -0.05) is 0 Å². The van der Waals surface area contributed by atoms with Crippen molar-refractivity contribution in [3.63, 3.8) is 0 Å². The maximum Gasteiger partial charge on any atom is 0.174 e. The van der Waals surface area contributed by atoms with E-state index in [4.69, 9.17) is 9.47 Å². The van der Waals surface area contributed by atoms with Crippen LogP contribution in [-0.2, 0) is 6.54 Å². The summed E-state index contributed by atoms with van der Waals surface area (Å²) in [6.07, 6.45) is 2.53. The summed E-state index contributed by atoms with van der Waals surface area (Å²) in [6, 6.07) is 4.11. The van der Waals surface area contributed by atoms with Gasteiger partial charge in [0.2, 0.25) is 0 Å². The maximum atomic E-state index is 5.36. The molecule has 0 amide bonds. The highest BCUT2D eigenvalue weighted by molar-refractivity contribution is 9.10. The molecule has 1 fully saturated rings. The van der Waals surface area contributed by atoms with Crippen molar-refractivity contribution < 1.29 is 9.47 Å². The highest BCUT2D eigenvalue weighted by atomic mass is 79.9. The van der Waals surface area contributed by atoms with Gasteiger partial charge in [-0.25, -0.2) is 0 Å². The third kappa shape index (κ3) is 4.11. The van der Waals surface area contributed by atoms with Gasteiger partial charge in [-0.05, 0) is 72.0 Å². The first kappa shape index (κ1) is 15.6. The molecule has 1 heterocycles. The Morgan fingerprint density at radius 2 is 2.00 bits per heavy atom. The average molecular weight is 343 g/mol. The number of benzene rings is 1. The van der Waals surface area contributed by atoms with Crippen LogP contribution in [0.2, 0.25) is 0 Å². The highest BCUT2D eigenvalue weighted by Gasteiger charge is 2.13. The lowest BCUT2D eigenvalue weighted by Gasteiger charge is -2.23. The Morgan fingerprint density at radius 3 is 2.65 bits per heavy atom. The average Bonchev–Trinajstić information content (AvgIpc) is 2.47. The zero-order valence-electron chi connectivity index (χ0n) is 12.2. The predicted molar refractivity (Wildman–Crippen MR) is 84.5 cm³/mol. The van der Waals surface area contributed by atoms with E-state index in [0.717, 1.165) is 48.1 Å². The molecule has 20 heavy (non-hydrogen) atoms. The lowest BCUT2D eigenvalue weighted by molar-refractivity contribution is 0.350. The SMILES string of the molecule is COc1cc(CNCC2CCNCC2)cc(Br)c1OC. The van der Waals surface area contributed by atoms with E-state index >= 15 is 0 Å². The van der Waals surface area contributed by atoms with Gasteiger partial charge in [0.25, 0.3) is 0 Å². The molecule has 1 aliphatic heterocycles. The Kier molecular flexibility index (Phi) is 6.13. The van der Waals surface area contributed by atoms with Crippen LogP contribution in [0, 0.1) is 5.92 Å². The van der Waals surface area contributed by atoms with Crippen LogP contribution in [0.15, 0.2) is 16.6 Å². The summed E-state index contributed by atoms with van der Waals surface area (Å²) in [5.74, 6) is 2.30. The Bertz CT molecular complexity index is 434. The standard InChI is InChI=1S/C15H23BrN2O2/c1-19-14-8-12(7-13(16)15(14)20-2)10-18-9-11-3-5-17-6-4-11/h7-8,11,17-18H,3-6,9-10H2,1-2H3. The lowest BCUT2D eigenvalue weighted by Crippen LogP contribution is -2.33. The molecule has 112 valence electrons. The molecule has 1 aromatic rings. The van der Waals surface area contributed by atoms with Crippen molar-refractivity contribution in [2.75, 3.05) is 33.9 Å². The molecule has 1 saturated heterocycles. The Labute approximate surface area is 129 Å². The number of methoxy groups -OCH3 is 2. The van der Waals surface area contributed by atoms with Gasteiger partial charge in [0.1, 0.15) is 0 Å². The van der Waals surface area contributed by atoms with Crippen LogP contribution in [0.4, 0.5) is 0 Å². The smallest absolute Gasteiger partial charge is 0.174 e. The quantitative estimate of drug-likeness (QED) is 0.833. The minimum absolute atomic E-state index is 0.745. The van der Waals surface area contributed by atoms with Crippen molar-refractivity contribution in [2.24, 2.45) is 5.92 Å². The van der Waals surface area contributed by atoms with Crippen LogP contribution in [0.3, 0.4) is 0 Å². The fourth-order valence-electron chi connectivity index (χ4n) is 2.58. The summed E-state index contributed by atoms with van der Waals surface area (Å²) < 4.78 is 11.6. The molecule has 0 spiro atoms. The maximum absolute atomic E-state index is 5.36. The second kappa shape index (κ2) is 7.86. The summed E-state index contributed by atoms with van der Waals surface area (Å²) in [5, 5.41) is 6.94. The summed E-state index contributed by atoms with van der Waals surface area (Å²) in [6.45, 7) is 4.22. The third-order valence-electron chi connectivity index (χ3n) is 3.71. The molecule has 0 atom stereocenters. The van der Waals surface area contributed by atoms with E-state index in [-0.39, 0.29) is 0 Å². The zero-order valence-corrected chi connectivity index (χ0v) is 13.8. The van der Waals surface area contributed by atoms with Crippen molar-refractivity contribution in [1.29, 1.82) is 0 Å². The third-order valence-corrected chi connectivity index (χ3v) is 4.30. The number of halogens is 1. The Hall–Kier alpha value is -0.780. The van der Waals surface area contributed by atoms with Gasteiger partial charge in [0, 0.05) is 6.54 Å². The molecular weight excluding hydrogens is 320 g/mol. The fraction of sp³-hybridized carbons (Fsp3) is 0.600. The molecule has 2 rings (SSSR count). The van der Waals surface area contributed by atoms with Crippen LogP contribution in [0.1, 0.15) is 18.4 Å². The van der Waals surface area contributed by atoms with Crippen molar-refractivity contribution >= 4 is 15.9 Å². The van der Waals surface area contributed by atoms with E-state index in [1.807, 2.05) is 6.07 Å². The van der Waals surface area contributed by atoms with Crippen LogP contribution in [0.5, 0.6) is 11.5 Å². The summed E-state index contributed by atoms with van der Waals surface area (Å²) >= 11 is 3.53. The molecule has 0 aliphatic carbocycles. The molecule has 1 aromatic carbocycles. The van der Waals surface area contributed by atoms with Gasteiger partial charge >= 0.3 is 0 Å². The largest absolute Gasteiger partial charge is 0.493 e. The van der Waals surface area contributed by atoms with Crippen LogP contribution < -0.4 is 20.1 Å². The number of ether oxygens (including phenoxy) is 2. The van der Waals surface area contributed by atoms with E-state index in [1.165, 1.54) is 18.4 Å². The number of nitrogens with one attached hydrogen (secondary N) is 2. The van der Waals surface area contributed by atoms with Crippen molar-refractivity contribution in [3.05, 3.63) is 22.2 Å². The number of rotatable bonds is 6. The number of piperidine rings is 1. The number of hydrogen-bond acceptors (Lipinski definition) is 4.